The third-order valence-corrected chi connectivity index (χ3v) is 6.15. The van der Waals surface area contributed by atoms with Crippen molar-refractivity contribution in [1.82, 2.24) is 9.88 Å². The fourth-order valence-corrected chi connectivity index (χ4v) is 4.53. The number of morpholine rings is 1. The monoisotopic (exact) mass is 428 g/mol. The van der Waals surface area contributed by atoms with Gasteiger partial charge in [-0.15, -0.1) is 11.3 Å². The van der Waals surface area contributed by atoms with Crippen LogP contribution in [0.5, 0.6) is 0 Å². The highest BCUT2D eigenvalue weighted by Gasteiger charge is 2.62. The van der Waals surface area contributed by atoms with Gasteiger partial charge in [0.05, 0.1) is 36.6 Å². The Bertz CT molecular complexity index is 912. The Kier molecular flexibility index (Phi) is 5.94. The van der Waals surface area contributed by atoms with Crippen molar-refractivity contribution in [2.45, 2.75) is 18.9 Å². The third kappa shape index (κ3) is 3.88. The molecule has 2 N–H and O–H groups in total. The summed E-state index contributed by atoms with van der Waals surface area (Å²) in [6.45, 7) is 3.52. The first-order valence-corrected chi connectivity index (χ1v) is 10.9. The molecule has 4 atom stereocenters. The number of nitrogens with two attached hydrogens (primary N) is 1. The lowest BCUT2D eigenvalue weighted by atomic mass is 10.1. The number of hydrogen-bond acceptors (Lipinski definition) is 7. The second kappa shape index (κ2) is 8.63. The van der Waals surface area contributed by atoms with Gasteiger partial charge in [0.1, 0.15) is 0 Å². The molecule has 4 rings (SSSR count). The Morgan fingerprint density at radius 2 is 1.90 bits per heavy atom. The highest BCUT2D eigenvalue weighted by Crippen LogP contribution is 2.56. The van der Waals surface area contributed by atoms with Crippen LogP contribution >= 0.6 is 11.3 Å². The number of amides is 3. The van der Waals surface area contributed by atoms with E-state index in [2.05, 4.69) is 4.98 Å². The first-order chi connectivity index (χ1) is 14.5. The van der Waals surface area contributed by atoms with Gasteiger partial charge in [0, 0.05) is 24.4 Å². The molecule has 2 aromatic rings. The molecule has 2 fully saturated rings. The Balaban J connectivity index is 1.65. The molecular weight excluding hydrogens is 404 g/mol. The summed E-state index contributed by atoms with van der Waals surface area (Å²) in [7, 11) is 0. The topological polar surface area (TPSA) is 106 Å². The molecule has 0 spiro atoms. The van der Waals surface area contributed by atoms with Gasteiger partial charge in [-0.05, 0) is 12.5 Å². The van der Waals surface area contributed by atoms with Gasteiger partial charge in [0.25, 0.3) is 5.91 Å². The number of thiazole rings is 1. The molecule has 1 aliphatic carbocycles. The lowest BCUT2D eigenvalue weighted by Gasteiger charge is -2.27. The largest absolute Gasteiger partial charge is 0.378 e. The lowest BCUT2D eigenvalue weighted by molar-refractivity contribution is -0.138. The molecule has 158 valence electrons. The van der Waals surface area contributed by atoms with Crippen LogP contribution in [0.4, 0.5) is 5.82 Å². The number of benzene rings is 1. The minimum absolute atomic E-state index is 0.0722. The summed E-state index contributed by atoms with van der Waals surface area (Å²) in [4.78, 5) is 46.5. The molecule has 30 heavy (non-hydrogen) atoms. The number of carbonyl (C=O) groups excluding carboxylic acids is 3. The molecule has 1 aromatic carbocycles. The van der Waals surface area contributed by atoms with Crippen molar-refractivity contribution in [3.63, 3.8) is 0 Å². The number of rotatable bonds is 5. The van der Waals surface area contributed by atoms with Crippen molar-refractivity contribution in [2.24, 2.45) is 17.6 Å². The fraction of sp³-hybridized carbons (Fsp3) is 0.429. The summed E-state index contributed by atoms with van der Waals surface area (Å²) >= 11 is 1.29. The van der Waals surface area contributed by atoms with Gasteiger partial charge < -0.3 is 15.4 Å². The van der Waals surface area contributed by atoms with E-state index in [1.54, 1.807) is 15.8 Å². The minimum Gasteiger partial charge on any atom is -0.378 e. The number of nitrogens with zero attached hydrogens (tertiary/aromatic N) is 3. The van der Waals surface area contributed by atoms with Gasteiger partial charge in [-0.3, -0.25) is 14.4 Å². The first-order valence-electron chi connectivity index (χ1n) is 9.93. The van der Waals surface area contributed by atoms with E-state index in [-0.39, 0.29) is 17.6 Å². The normalized spacial score (nSPS) is 24.2. The number of anilines is 1. The standard InChI is InChI=1S/C21H24N4O4S/c1-13(22)19(26)25(15-11-30-12-23-15)21(28)18-16(14-5-3-2-4-6-14)17(18)20(27)24-7-9-29-10-8-24/h2-6,11-13,16-18H,7-10,22H2,1H3/t13-,16+,17?,18-/m1/s1. The third-order valence-electron chi connectivity index (χ3n) is 5.58. The molecule has 1 saturated heterocycles. The molecule has 8 nitrogen and oxygen atoms in total. The zero-order valence-electron chi connectivity index (χ0n) is 16.6. The number of ether oxygens (including phenoxy) is 1. The van der Waals surface area contributed by atoms with Crippen LogP contribution in [0.25, 0.3) is 0 Å². The van der Waals surface area contributed by atoms with E-state index < -0.39 is 29.7 Å². The summed E-state index contributed by atoms with van der Waals surface area (Å²) in [5, 5.41) is 1.64. The number of carbonyl (C=O) groups is 3. The lowest BCUT2D eigenvalue weighted by Crippen LogP contribution is -2.47. The second-order valence-corrected chi connectivity index (χ2v) is 8.29. The van der Waals surface area contributed by atoms with Crippen molar-refractivity contribution in [3.8, 4) is 0 Å². The van der Waals surface area contributed by atoms with Gasteiger partial charge in [-0.25, -0.2) is 9.88 Å². The van der Waals surface area contributed by atoms with Crippen molar-refractivity contribution < 1.29 is 19.1 Å². The molecule has 9 heteroatoms. The smallest absolute Gasteiger partial charge is 0.251 e. The van der Waals surface area contributed by atoms with Crippen LogP contribution in [0.2, 0.25) is 0 Å². The fourth-order valence-electron chi connectivity index (χ4n) is 4.01. The molecule has 0 radical (unpaired) electrons. The van der Waals surface area contributed by atoms with Crippen LogP contribution < -0.4 is 10.6 Å². The van der Waals surface area contributed by atoms with E-state index in [4.69, 9.17) is 10.5 Å². The molecule has 1 saturated carbocycles. The summed E-state index contributed by atoms with van der Waals surface area (Å²) in [5.74, 6) is -2.20. The quantitative estimate of drug-likeness (QED) is 0.768. The first kappa shape index (κ1) is 20.6. The maximum absolute atomic E-state index is 13.5. The molecule has 3 amide bonds. The van der Waals surface area contributed by atoms with E-state index >= 15 is 0 Å². The predicted molar refractivity (Wildman–Crippen MR) is 112 cm³/mol. The van der Waals surface area contributed by atoms with Crippen LogP contribution in [-0.2, 0) is 19.1 Å². The minimum atomic E-state index is -0.863. The highest BCUT2D eigenvalue weighted by molar-refractivity contribution is 7.08. The summed E-state index contributed by atoms with van der Waals surface area (Å²) in [6, 6.07) is 8.63. The van der Waals surface area contributed by atoms with E-state index in [0.717, 1.165) is 10.5 Å². The number of aromatic nitrogens is 1. The van der Waals surface area contributed by atoms with E-state index in [0.29, 0.717) is 26.3 Å². The number of imide groups is 1. The Hall–Kier alpha value is -2.62. The van der Waals surface area contributed by atoms with Crippen LogP contribution in [0.15, 0.2) is 41.2 Å². The molecule has 1 aromatic heterocycles. The van der Waals surface area contributed by atoms with Crippen molar-refractivity contribution in [1.29, 1.82) is 0 Å². The van der Waals surface area contributed by atoms with Gasteiger partial charge in [-0.2, -0.15) is 0 Å². The average Bonchev–Trinajstić information content (AvgIpc) is 3.30. The molecule has 1 aliphatic heterocycles. The number of hydrogen-bond donors (Lipinski definition) is 1. The van der Waals surface area contributed by atoms with Gasteiger partial charge in [-0.1, -0.05) is 30.3 Å². The Morgan fingerprint density at radius 3 is 2.50 bits per heavy atom. The highest BCUT2D eigenvalue weighted by atomic mass is 32.1. The van der Waals surface area contributed by atoms with Crippen LogP contribution in [-0.4, -0.2) is 60.0 Å². The second-order valence-electron chi connectivity index (χ2n) is 7.57. The van der Waals surface area contributed by atoms with Crippen LogP contribution in [0.1, 0.15) is 18.4 Å². The van der Waals surface area contributed by atoms with E-state index in [1.165, 1.54) is 18.3 Å². The van der Waals surface area contributed by atoms with Crippen LogP contribution in [0, 0.1) is 11.8 Å². The SMILES string of the molecule is C[C@@H](N)C(=O)N(C(=O)[C@H]1C(C(=O)N2CCOCC2)[C@@H]1c1ccccc1)c1cscn1. The maximum Gasteiger partial charge on any atom is 0.251 e. The molecule has 1 unspecified atom stereocenters. The van der Waals surface area contributed by atoms with Gasteiger partial charge >= 0.3 is 0 Å². The van der Waals surface area contributed by atoms with Gasteiger partial charge in [0.2, 0.25) is 11.8 Å². The van der Waals surface area contributed by atoms with Crippen LogP contribution in [0.3, 0.4) is 0 Å². The van der Waals surface area contributed by atoms with Crippen molar-refractivity contribution >= 4 is 34.9 Å². The van der Waals surface area contributed by atoms with E-state index in [9.17, 15) is 14.4 Å². The summed E-state index contributed by atoms with van der Waals surface area (Å²) in [6.07, 6.45) is 0. The maximum atomic E-state index is 13.5. The van der Waals surface area contributed by atoms with Crippen molar-refractivity contribution in [2.75, 3.05) is 31.2 Å². The Morgan fingerprint density at radius 1 is 1.20 bits per heavy atom. The average molecular weight is 429 g/mol. The molecule has 2 heterocycles. The zero-order chi connectivity index (χ0) is 21.3. The molecule has 2 aliphatic rings. The predicted octanol–water partition coefficient (Wildman–Crippen LogP) is 1.24. The van der Waals surface area contributed by atoms with Crippen molar-refractivity contribution in [3.05, 3.63) is 46.8 Å². The Labute approximate surface area is 178 Å². The van der Waals surface area contributed by atoms with E-state index in [1.807, 2.05) is 30.3 Å². The summed E-state index contributed by atoms with van der Waals surface area (Å²) < 4.78 is 5.35. The zero-order valence-corrected chi connectivity index (χ0v) is 17.5. The molecule has 0 bridgehead atoms. The molecular formula is C21H24N4O4S. The summed E-state index contributed by atoms with van der Waals surface area (Å²) in [5.41, 5.74) is 8.27. The van der Waals surface area contributed by atoms with Gasteiger partial charge in [0.15, 0.2) is 5.82 Å².